The van der Waals surface area contributed by atoms with Crippen molar-refractivity contribution in [1.29, 1.82) is 0 Å². The molecule has 1 heterocycles. The topological polar surface area (TPSA) is 12.0 Å². The van der Waals surface area contributed by atoms with Gasteiger partial charge in [0.2, 0.25) is 0 Å². The largest absolute Gasteiger partial charge is 0.316 e. The molecule has 0 aromatic carbocycles. The molecular formula is C12H18BrNS. The summed E-state index contributed by atoms with van der Waals surface area (Å²) in [6.45, 7) is 10.3. The molecular weight excluding hydrogens is 270 g/mol. The van der Waals surface area contributed by atoms with Gasteiger partial charge in [0.1, 0.15) is 0 Å². The van der Waals surface area contributed by atoms with Crippen LogP contribution in [0.3, 0.4) is 0 Å². The van der Waals surface area contributed by atoms with Crippen LogP contribution in [0.2, 0.25) is 0 Å². The summed E-state index contributed by atoms with van der Waals surface area (Å²) in [5, 5.41) is 5.52. The fourth-order valence-electron chi connectivity index (χ4n) is 1.46. The fourth-order valence-corrected chi connectivity index (χ4v) is 3.11. The van der Waals surface area contributed by atoms with Crippen LogP contribution in [0.4, 0.5) is 0 Å². The van der Waals surface area contributed by atoms with Gasteiger partial charge in [-0.15, -0.1) is 17.9 Å². The average molecular weight is 288 g/mol. The first-order chi connectivity index (χ1) is 7.09. The molecule has 1 unspecified atom stereocenters. The molecule has 0 spiro atoms. The second kappa shape index (κ2) is 5.83. The molecule has 0 saturated carbocycles. The van der Waals surface area contributed by atoms with E-state index in [4.69, 9.17) is 0 Å². The van der Waals surface area contributed by atoms with Crippen LogP contribution in [0.25, 0.3) is 0 Å². The maximum Gasteiger partial charge on any atom is 0.0285 e. The Hall–Kier alpha value is -0.120. The van der Waals surface area contributed by atoms with E-state index < -0.39 is 0 Å². The molecule has 1 nitrogen and oxygen atoms in total. The van der Waals surface area contributed by atoms with Gasteiger partial charge >= 0.3 is 0 Å². The Morgan fingerprint density at radius 3 is 2.87 bits per heavy atom. The minimum absolute atomic E-state index is 0.153. The number of halogens is 1. The molecule has 15 heavy (non-hydrogen) atoms. The minimum atomic E-state index is 0.153. The molecule has 0 aliphatic heterocycles. The summed E-state index contributed by atoms with van der Waals surface area (Å²) in [5.74, 6) is 0. The first-order valence-corrected chi connectivity index (χ1v) is 6.84. The van der Waals surface area contributed by atoms with Crippen LogP contribution in [0.1, 0.15) is 18.7 Å². The normalized spacial score (nSPS) is 14.9. The van der Waals surface area contributed by atoms with Gasteiger partial charge in [0.25, 0.3) is 0 Å². The van der Waals surface area contributed by atoms with E-state index in [1.54, 1.807) is 11.3 Å². The van der Waals surface area contributed by atoms with Crippen molar-refractivity contribution in [3.8, 4) is 0 Å². The number of hydrogen-bond acceptors (Lipinski definition) is 2. The second-order valence-electron chi connectivity index (χ2n) is 4.05. The predicted octanol–water partition coefficient (Wildman–Crippen LogP) is 3.85. The fraction of sp³-hybridized carbons (Fsp3) is 0.500. The lowest BCUT2D eigenvalue weighted by Crippen LogP contribution is -2.31. The Balaban J connectivity index is 2.63. The molecule has 3 heteroatoms. The molecule has 1 aromatic rings. The van der Waals surface area contributed by atoms with Gasteiger partial charge in [-0.3, -0.25) is 0 Å². The molecule has 84 valence electrons. The molecule has 0 aliphatic rings. The maximum absolute atomic E-state index is 3.94. The monoisotopic (exact) mass is 287 g/mol. The van der Waals surface area contributed by atoms with Crippen molar-refractivity contribution in [2.24, 2.45) is 5.41 Å². The first-order valence-electron chi connectivity index (χ1n) is 5.17. The third-order valence-electron chi connectivity index (χ3n) is 2.47. The van der Waals surface area contributed by atoms with E-state index in [0.717, 1.165) is 19.5 Å². The quantitative estimate of drug-likeness (QED) is 0.784. The molecule has 1 atom stereocenters. The summed E-state index contributed by atoms with van der Waals surface area (Å²) >= 11 is 5.29. The van der Waals surface area contributed by atoms with Crippen molar-refractivity contribution in [3.05, 3.63) is 33.5 Å². The maximum atomic E-state index is 3.94. The third-order valence-corrected chi connectivity index (χ3v) is 4.17. The van der Waals surface area contributed by atoms with Crippen LogP contribution < -0.4 is 5.32 Å². The summed E-state index contributed by atoms with van der Waals surface area (Å²) in [6.07, 6.45) is 3.11. The Bertz CT molecular complexity index is 321. The molecule has 0 radical (unpaired) electrons. The number of hydrogen-bond donors (Lipinski definition) is 1. The smallest absolute Gasteiger partial charge is 0.0285 e. The van der Waals surface area contributed by atoms with Crippen molar-refractivity contribution >= 4 is 27.3 Å². The van der Waals surface area contributed by atoms with Gasteiger partial charge in [-0.05, 0) is 35.0 Å². The van der Waals surface area contributed by atoms with Crippen molar-refractivity contribution in [2.45, 2.75) is 20.3 Å². The standard InChI is InChI=1S/C12H18BrNS/c1-4-12(3,9-14-5-2)7-11-6-10(13)8-15-11/h4,6,8,14H,1,5,7,9H2,2-3H3. The molecule has 0 bridgehead atoms. The molecule has 0 amide bonds. The van der Waals surface area contributed by atoms with Crippen LogP contribution in [0.5, 0.6) is 0 Å². The predicted molar refractivity (Wildman–Crippen MR) is 72.6 cm³/mol. The van der Waals surface area contributed by atoms with Crippen molar-refractivity contribution in [3.63, 3.8) is 0 Å². The van der Waals surface area contributed by atoms with Gasteiger partial charge in [-0.1, -0.05) is 19.9 Å². The molecule has 1 N–H and O–H groups in total. The zero-order valence-corrected chi connectivity index (χ0v) is 11.7. The lowest BCUT2D eigenvalue weighted by molar-refractivity contribution is 0.398. The van der Waals surface area contributed by atoms with Crippen LogP contribution in [0.15, 0.2) is 28.6 Å². The van der Waals surface area contributed by atoms with Crippen LogP contribution in [0, 0.1) is 5.41 Å². The van der Waals surface area contributed by atoms with E-state index in [0.29, 0.717) is 0 Å². The van der Waals surface area contributed by atoms with Gasteiger partial charge in [0.05, 0.1) is 0 Å². The van der Waals surface area contributed by atoms with Gasteiger partial charge < -0.3 is 5.32 Å². The molecule has 0 fully saturated rings. The van der Waals surface area contributed by atoms with Crippen molar-refractivity contribution < 1.29 is 0 Å². The molecule has 0 aliphatic carbocycles. The Morgan fingerprint density at radius 2 is 2.40 bits per heavy atom. The number of rotatable bonds is 6. The molecule has 1 rings (SSSR count). The summed E-state index contributed by atoms with van der Waals surface area (Å²) in [5.41, 5.74) is 0.153. The van der Waals surface area contributed by atoms with E-state index in [9.17, 15) is 0 Å². The van der Waals surface area contributed by atoms with E-state index in [1.807, 2.05) is 0 Å². The van der Waals surface area contributed by atoms with E-state index in [-0.39, 0.29) is 5.41 Å². The highest BCUT2D eigenvalue weighted by molar-refractivity contribution is 9.10. The van der Waals surface area contributed by atoms with E-state index >= 15 is 0 Å². The van der Waals surface area contributed by atoms with E-state index in [2.05, 4.69) is 59.2 Å². The highest BCUT2D eigenvalue weighted by atomic mass is 79.9. The highest BCUT2D eigenvalue weighted by Gasteiger charge is 2.20. The zero-order chi connectivity index (χ0) is 11.3. The van der Waals surface area contributed by atoms with E-state index in [1.165, 1.54) is 9.35 Å². The number of nitrogens with one attached hydrogen (secondary N) is 1. The number of thiophene rings is 1. The van der Waals surface area contributed by atoms with Gasteiger partial charge in [0, 0.05) is 26.7 Å². The lowest BCUT2D eigenvalue weighted by Gasteiger charge is -2.25. The Kier molecular flexibility index (Phi) is 5.03. The third kappa shape index (κ3) is 4.09. The van der Waals surface area contributed by atoms with Gasteiger partial charge in [0.15, 0.2) is 0 Å². The highest BCUT2D eigenvalue weighted by Crippen LogP contribution is 2.28. The first kappa shape index (κ1) is 12.9. The average Bonchev–Trinajstić information content (AvgIpc) is 2.61. The van der Waals surface area contributed by atoms with Crippen molar-refractivity contribution in [1.82, 2.24) is 5.32 Å². The summed E-state index contributed by atoms with van der Waals surface area (Å²) in [6, 6.07) is 2.19. The molecule has 1 aromatic heterocycles. The van der Waals surface area contributed by atoms with Crippen LogP contribution >= 0.6 is 27.3 Å². The minimum Gasteiger partial charge on any atom is -0.316 e. The van der Waals surface area contributed by atoms with Crippen LogP contribution in [-0.2, 0) is 6.42 Å². The lowest BCUT2D eigenvalue weighted by atomic mass is 9.86. The van der Waals surface area contributed by atoms with Crippen LogP contribution in [-0.4, -0.2) is 13.1 Å². The second-order valence-corrected chi connectivity index (χ2v) is 5.96. The SMILES string of the molecule is C=CC(C)(CNCC)Cc1cc(Br)cs1. The summed E-state index contributed by atoms with van der Waals surface area (Å²) in [7, 11) is 0. The van der Waals surface area contributed by atoms with Gasteiger partial charge in [-0.25, -0.2) is 0 Å². The zero-order valence-electron chi connectivity index (χ0n) is 9.35. The Morgan fingerprint density at radius 1 is 1.67 bits per heavy atom. The summed E-state index contributed by atoms with van der Waals surface area (Å²) < 4.78 is 1.18. The summed E-state index contributed by atoms with van der Waals surface area (Å²) in [4.78, 5) is 1.40. The van der Waals surface area contributed by atoms with Gasteiger partial charge in [-0.2, -0.15) is 0 Å². The Labute approximate surface area is 105 Å². The molecule has 0 saturated heterocycles. The van der Waals surface area contributed by atoms with Crippen molar-refractivity contribution in [2.75, 3.05) is 13.1 Å².